The standard InChI is InChI=1S/C11H12ClNO/c1-7(2)3-11(14)8-4-9(12)6-10(13)5-8/h3-6H,13H2,1-2H3. The molecule has 2 N–H and O–H groups in total. The Hall–Kier alpha value is -1.28. The van der Waals surface area contributed by atoms with E-state index in [1.807, 2.05) is 13.8 Å². The van der Waals surface area contributed by atoms with Crippen molar-refractivity contribution in [3.05, 3.63) is 40.4 Å². The minimum atomic E-state index is -0.0702. The van der Waals surface area contributed by atoms with Crippen LogP contribution in [0.15, 0.2) is 29.8 Å². The Kier molecular flexibility index (Phi) is 3.31. The SMILES string of the molecule is CC(C)=CC(=O)c1cc(N)cc(Cl)c1. The average molecular weight is 210 g/mol. The number of anilines is 1. The highest BCUT2D eigenvalue weighted by Crippen LogP contribution is 2.17. The van der Waals surface area contributed by atoms with Gasteiger partial charge in [-0.3, -0.25) is 4.79 Å². The van der Waals surface area contributed by atoms with Gasteiger partial charge in [-0.25, -0.2) is 0 Å². The highest BCUT2D eigenvalue weighted by Gasteiger charge is 2.04. The van der Waals surface area contributed by atoms with Crippen molar-refractivity contribution in [1.82, 2.24) is 0 Å². The maximum atomic E-state index is 11.6. The number of hydrogen-bond donors (Lipinski definition) is 1. The van der Waals surface area contributed by atoms with Crippen molar-refractivity contribution in [2.24, 2.45) is 0 Å². The fourth-order valence-corrected chi connectivity index (χ4v) is 1.34. The molecule has 1 aromatic rings. The zero-order valence-corrected chi connectivity index (χ0v) is 8.93. The third-order valence-corrected chi connectivity index (χ3v) is 1.84. The fraction of sp³-hybridized carbons (Fsp3) is 0.182. The highest BCUT2D eigenvalue weighted by atomic mass is 35.5. The van der Waals surface area contributed by atoms with Gasteiger partial charge in [-0.05, 0) is 38.1 Å². The summed E-state index contributed by atoms with van der Waals surface area (Å²) < 4.78 is 0. The van der Waals surface area contributed by atoms with E-state index in [1.54, 1.807) is 24.3 Å². The number of nitrogen functional groups attached to an aromatic ring is 1. The number of benzene rings is 1. The molecule has 2 nitrogen and oxygen atoms in total. The van der Waals surface area contributed by atoms with Crippen molar-refractivity contribution in [3.63, 3.8) is 0 Å². The molecule has 74 valence electrons. The molecular weight excluding hydrogens is 198 g/mol. The van der Waals surface area contributed by atoms with Crippen LogP contribution in [-0.4, -0.2) is 5.78 Å². The van der Waals surface area contributed by atoms with E-state index in [-0.39, 0.29) is 5.78 Å². The van der Waals surface area contributed by atoms with Gasteiger partial charge in [0.2, 0.25) is 0 Å². The molecule has 0 bridgehead atoms. The molecule has 0 aromatic heterocycles. The predicted molar refractivity (Wildman–Crippen MR) is 59.6 cm³/mol. The summed E-state index contributed by atoms with van der Waals surface area (Å²) in [7, 11) is 0. The lowest BCUT2D eigenvalue weighted by atomic mass is 10.1. The largest absolute Gasteiger partial charge is 0.399 e. The van der Waals surface area contributed by atoms with Crippen LogP contribution in [0.2, 0.25) is 5.02 Å². The highest BCUT2D eigenvalue weighted by molar-refractivity contribution is 6.31. The lowest BCUT2D eigenvalue weighted by molar-refractivity contribution is 0.104. The average Bonchev–Trinajstić information content (AvgIpc) is 2.00. The molecule has 0 aliphatic heterocycles. The van der Waals surface area contributed by atoms with Gasteiger partial charge in [0.05, 0.1) is 0 Å². The first-order valence-corrected chi connectivity index (χ1v) is 4.62. The Morgan fingerprint density at radius 3 is 2.50 bits per heavy atom. The zero-order chi connectivity index (χ0) is 10.7. The predicted octanol–water partition coefficient (Wildman–Crippen LogP) is 3.07. The summed E-state index contributed by atoms with van der Waals surface area (Å²) in [5.74, 6) is -0.0702. The molecule has 1 rings (SSSR count). The molecule has 14 heavy (non-hydrogen) atoms. The van der Waals surface area contributed by atoms with E-state index in [4.69, 9.17) is 17.3 Å². The van der Waals surface area contributed by atoms with Crippen LogP contribution in [0.25, 0.3) is 0 Å². The normalized spacial score (nSPS) is 9.64. The number of carbonyl (C=O) groups excluding carboxylic acids is 1. The molecule has 0 heterocycles. The van der Waals surface area contributed by atoms with E-state index in [0.717, 1.165) is 5.57 Å². The smallest absolute Gasteiger partial charge is 0.185 e. The first-order valence-electron chi connectivity index (χ1n) is 4.24. The zero-order valence-electron chi connectivity index (χ0n) is 8.17. The summed E-state index contributed by atoms with van der Waals surface area (Å²) in [5, 5.41) is 0.482. The Balaban J connectivity index is 3.08. The number of ketones is 1. The van der Waals surface area contributed by atoms with Crippen LogP contribution in [0.1, 0.15) is 24.2 Å². The minimum Gasteiger partial charge on any atom is -0.399 e. The van der Waals surface area contributed by atoms with Crippen LogP contribution < -0.4 is 5.73 Å². The van der Waals surface area contributed by atoms with Gasteiger partial charge >= 0.3 is 0 Å². The number of halogens is 1. The van der Waals surface area contributed by atoms with Gasteiger partial charge < -0.3 is 5.73 Å². The summed E-state index contributed by atoms with van der Waals surface area (Å²) in [4.78, 5) is 11.6. The molecule has 0 saturated carbocycles. The molecule has 0 saturated heterocycles. The molecule has 3 heteroatoms. The van der Waals surface area contributed by atoms with E-state index in [1.165, 1.54) is 0 Å². The van der Waals surface area contributed by atoms with Gasteiger partial charge in [-0.15, -0.1) is 0 Å². The third-order valence-electron chi connectivity index (χ3n) is 1.62. The summed E-state index contributed by atoms with van der Waals surface area (Å²) in [6.45, 7) is 3.73. The lowest BCUT2D eigenvalue weighted by Crippen LogP contribution is -1.97. The molecule has 0 unspecified atom stereocenters. The van der Waals surface area contributed by atoms with Crippen molar-refractivity contribution in [2.75, 3.05) is 5.73 Å². The fourth-order valence-electron chi connectivity index (χ4n) is 1.10. The summed E-state index contributed by atoms with van der Waals surface area (Å²) in [6, 6.07) is 4.84. The first-order chi connectivity index (χ1) is 6.49. The number of carbonyl (C=O) groups is 1. The van der Waals surface area contributed by atoms with Crippen LogP contribution >= 0.6 is 11.6 Å². The monoisotopic (exact) mass is 209 g/mol. The van der Waals surface area contributed by atoms with Crippen LogP contribution in [0.4, 0.5) is 5.69 Å². The Morgan fingerprint density at radius 1 is 1.36 bits per heavy atom. The van der Waals surface area contributed by atoms with E-state index >= 15 is 0 Å². The van der Waals surface area contributed by atoms with Gasteiger partial charge in [0.1, 0.15) is 0 Å². The Morgan fingerprint density at radius 2 is 2.00 bits per heavy atom. The van der Waals surface area contributed by atoms with Crippen LogP contribution in [0.3, 0.4) is 0 Å². The second-order valence-corrected chi connectivity index (χ2v) is 3.80. The lowest BCUT2D eigenvalue weighted by Gasteiger charge is -2.00. The second-order valence-electron chi connectivity index (χ2n) is 3.36. The minimum absolute atomic E-state index is 0.0702. The van der Waals surface area contributed by atoms with Crippen LogP contribution in [0, 0.1) is 0 Å². The summed E-state index contributed by atoms with van der Waals surface area (Å²) in [6.07, 6.45) is 1.56. The third kappa shape index (κ3) is 2.89. The second kappa shape index (κ2) is 4.29. The number of hydrogen-bond acceptors (Lipinski definition) is 2. The quantitative estimate of drug-likeness (QED) is 0.462. The molecule has 0 atom stereocenters. The van der Waals surface area contributed by atoms with E-state index in [0.29, 0.717) is 16.3 Å². The van der Waals surface area contributed by atoms with Gasteiger partial charge in [0, 0.05) is 16.3 Å². The number of rotatable bonds is 2. The topological polar surface area (TPSA) is 43.1 Å². The molecule has 0 aliphatic carbocycles. The van der Waals surface area contributed by atoms with Crippen molar-refractivity contribution >= 4 is 23.1 Å². The maximum absolute atomic E-state index is 11.6. The van der Waals surface area contributed by atoms with Gasteiger partial charge in [0.25, 0.3) is 0 Å². The Bertz CT molecular complexity index is 372. The number of nitrogens with two attached hydrogens (primary N) is 1. The van der Waals surface area contributed by atoms with E-state index in [9.17, 15) is 4.79 Å². The molecule has 0 amide bonds. The van der Waals surface area contributed by atoms with Gasteiger partial charge in [-0.2, -0.15) is 0 Å². The van der Waals surface area contributed by atoms with E-state index < -0.39 is 0 Å². The van der Waals surface area contributed by atoms with Crippen molar-refractivity contribution in [1.29, 1.82) is 0 Å². The number of allylic oxidation sites excluding steroid dienone is 2. The maximum Gasteiger partial charge on any atom is 0.185 e. The molecule has 0 spiro atoms. The Labute approximate surface area is 88.4 Å². The molecule has 0 fully saturated rings. The molecule has 0 aliphatic rings. The molecule has 0 radical (unpaired) electrons. The van der Waals surface area contributed by atoms with Gasteiger partial charge in [-0.1, -0.05) is 17.2 Å². The van der Waals surface area contributed by atoms with Crippen molar-refractivity contribution in [2.45, 2.75) is 13.8 Å². The molecule has 1 aromatic carbocycles. The summed E-state index contributed by atoms with van der Waals surface area (Å²) in [5.41, 5.74) is 7.55. The summed E-state index contributed by atoms with van der Waals surface area (Å²) >= 11 is 5.78. The van der Waals surface area contributed by atoms with Crippen molar-refractivity contribution in [3.8, 4) is 0 Å². The van der Waals surface area contributed by atoms with Crippen molar-refractivity contribution < 1.29 is 4.79 Å². The van der Waals surface area contributed by atoms with Gasteiger partial charge in [0.15, 0.2) is 5.78 Å². The first kappa shape index (κ1) is 10.8. The van der Waals surface area contributed by atoms with Crippen LogP contribution in [-0.2, 0) is 0 Å². The molecular formula is C11H12ClNO. The van der Waals surface area contributed by atoms with Crippen LogP contribution in [0.5, 0.6) is 0 Å². The van der Waals surface area contributed by atoms with E-state index in [2.05, 4.69) is 0 Å².